The average Bonchev–Trinajstić information content (AvgIpc) is 2.58. The summed E-state index contributed by atoms with van der Waals surface area (Å²) in [6, 6.07) is 0. The predicted octanol–water partition coefficient (Wildman–Crippen LogP) is 3.23. The molecule has 0 rings (SSSR count). The van der Waals surface area contributed by atoms with Crippen LogP contribution in [0.25, 0.3) is 0 Å². The van der Waals surface area contributed by atoms with E-state index in [1.807, 2.05) is 6.92 Å². The maximum absolute atomic E-state index is 13.1. The maximum Gasteiger partial charge on any atom is 0.407 e. The molecule has 0 saturated carbocycles. The van der Waals surface area contributed by atoms with E-state index in [-0.39, 0.29) is 26.0 Å². The molecule has 0 aromatic carbocycles. The summed E-state index contributed by atoms with van der Waals surface area (Å²) in [6.45, 7) is 6.07. The lowest BCUT2D eigenvalue weighted by atomic mass is 9.95. The number of amides is 1. The fourth-order valence-electron chi connectivity index (χ4n) is 2.28. The smallest absolute Gasteiger partial charge is 0.407 e. The Morgan fingerprint density at radius 2 is 1.84 bits per heavy atom. The highest BCUT2D eigenvalue weighted by atomic mass is 19.3. The largest absolute Gasteiger partial charge is 0.464 e. The predicted molar refractivity (Wildman–Crippen MR) is 91.4 cm³/mol. The molecule has 25 heavy (non-hydrogen) atoms. The number of rotatable bonds is 13. The van der Waals surface area contributed by atoms with Crippen LogP contribution in [0.4, 0.5) is 13.6 Å². The van der Waals surface area contributed by atoms with Gasteiger partial charge in [0.25, 0.3) is 6.43 Å². The fraction of sp³-hybridized carbons (Fsp3) is 0.882. The molecule has 0 aromatic heterocycles. The van der Waals surface area contributed by atoms with Crippen molar-refractivity contribution in [2.75, 3.05) is 19.8 Å². The Labute approximate surface area is 148 Å². The zero-order valence-corrected chi connectivity index (χ0v) is 15.5. The molecule has 8 heteroatoms. The summed E-state index contributed by atoms with van der Waals surface area (Å²) in [7, 11) is 0. The molecule has 0 aliphatic rings. The van der Waals surface area contributed by atoms with Gasteiger partial charge in [0.1, 0.15) is 0 Å². The second kappa shape index (κ2) is 12.9. The number of ether oxygens (including phenoxy) is 2. The number of unbranched alkanes of at least 4 members (excludes halogenated alkanes) is 1. The number of hydrogen-bond donors (Lipinski definition) is 2. The van der Waals surface area contributed by atoms with Gasteiger partial charge >= 0.3 is 12.1 Å². The van der Waals surface area contributed by atoms with Crippen molar-refractivity contribution >= 4 is 12.1 Å². The monoisotopic (exact) mass is 366 g/mol. The molecule has 0 aliphatic carbocycles. The first kappa shape index (κ1) is 23.6. The zero-order valence-electron chi connectivity index (χ0n) is 15.5. The van der Waals surface area contributed by atoms with Crippen molar-refractivity contribution in [2.24, 2.45) is 11.7 Å². The van der Waals surface area contributed by atoms with Crippen LogP contribution in [0, 0.1) is 5.92 Å². The summed E-state index contributed by atoms with van der Waals surface area (Å²) in [4.78, 5) is 23.2. The Bertz CT molecular complexity index is 397. The van der Waals surface area contributed by atoms with Crippen molar-refractivity contribution in [1.82, 2.24) is 5.32 Å². The van der Waals surface area contributed by atoms with E-state index in [1.165, 1.54) is 6.92 Å². The van der Waals surface area contributed by atoms with Crippen LogP contribution in [-0.4, -0.2) is 43.8 Å². The minimum Gasteiger partial charge on any atom is -0.464 e. The molecule has 0 fully saturated rings. The van der Waals surface area contributed by atoms with Gasteiger partial charge in [-0.15, -0.1) is 0 Å². The molecular formula is C17H32F2N2O4. The van der Waals surface area contributed by atoms with Crippen molar-refractivity contribution in [2.45, 2.75) is 71.3 Å². The third kappa shape index (κ3) is 9.00. The minimum absolute atomic E-state index is 0.0221. The van der Waals surface area contributed by atoms with Crippen LogP contribution in [0.3, 0.4) is 0 Å². The minimum atomic E-state index is -3.04. The summed E-state index contributed by atoms with van der Waals surface area (Å²) >= 11 is 0. The highest BCUT2D eigenvalue weighted by Gasteiger charge is 2.44. The molecule has 1 amide bonds. The molecule has 0 radical (unpaired) electrons. The molecular weight excluding hydrogens is 334 g/mol. The Morgan fingerprint density at radius 3 is 2.36 bits per heavy atom. The van der Waals surface area contributed by atoms with E-state index in [0.717, 1.165) is 25.7 Å². The number of hydrogen-bond acceptors (Lipinski definition) is 5. The molecule has 3 N–H and O–H groups in total. The zero-order chi connectivity index (χ0) is 19.3. The molecule has 6 nitrogen and oxygen atoms in total. The van der Waals surface area contributed by atoms with Crippen molar-refractivity contribution in [3.63, 3.8) is 0 Å². The standard InChI is InChI=1S/C17H32F2N2O4/c1-4-7-9-13(5-2)12-25-16(23)21-11-8-10-17(20,14(18)19)15(22)24-6-3/h13-14H,4-12,20H2,1-3H3,(H,21,23). The van der Waals surface area contributed by atoms with E-state index in [2.05, 4.69) is 17.0 Å². The second-order valence-corrected chi connectivity index (χ2v) is 6.11. The summed E-state index contributed by atoms with van der Waals surface area (Å²) < 4.78 is 35.8. The Kier molecular flexibility index (Phi) is 12.1. The molecule has 2 unspecified atom stereocenters. The average molecular weight is 366 g/mol. The maximum atomic E-state index is 13.1. The number of carbonyl (C=O) groups is 2. The molecule has 148 valence electrons. The van der Waals surface area contributed by atoms with E-state index in [1.54, 1.807) is 0 Å². The summed E-state index contributed by atoms with van der Waals surface area (Å²) in [5.41, 5.74) is 3.13. The van der Waals surface area contributed by atoms with Gasteiger partial charge in [-0.1, -0.05) is 33.1 Å². The highest BCUT2D eigenvalue weighted by Crippen LogP contribution is 2.21. The van der Waals surface area contributed by atoms with Crippen LogP contribution in [-0.2, 0) is 14.3 Å². The van der Waals surface area contributed by atoms with Crippen LogP contribution in [0.1, 0.15) is 59.3 Å². The van der Waals surface area contributed by atoms with E-state index < -0.39 is 24.0 Å². The normalized spacial score (nSPS) is 14.7. The van der Waals surface area contributed by atoms with Gasteiger partial charge in [-0.25, -0.2) is 18.4 Å². The molecule has 0 bridgehead atoms. The Morgan fingerprint density at radius 1 is 1.16 bits per heavy atom. The SMILES string of the molecule is CCCCC(CC)COC(=O)NCCCC(N)(C(=O)OCC)C(F)F. The number of halogens is 2. The number of nitrogens with one attached hydrogen (secondary N) is 1. The van der Waals surface area contributed by atoms with Gasteiger partial charge in [-0.3, -0.25) is 0 Å². The molecule has 2 atom stereocenters. The van der Waals surface area contributed by atoms with Crippen LogP contribution < -0.4 is 11.1 Å². The van der Waals surface area contributed by atoms with Crippen molar-refractivity contribution in [3.05, 3.63) is 0 Å². The summed E-state index contributed by atoms with van der Waals surface area (Å²) in [6.07, 6.45) is 0.297. The first-order valence-corrected chi connectivity index (χ1v) is 8.96. The van der Waals surface area contributed by atoms with Crippen LogP contribution >= 0.6 is 0 Å². The molecule has 0 spiro atoms. The Hall–Kier alpha value is -1.44. The molecule has 0 saturated heterocycles. The van der Waals surface area contributed by atoms with Gasteiger partial charge in [0, 0.05) is 6.54 Å². The van der Waals surface area contributed by atoms with Gasteiger partial charge in [-0.2, -0.15) is 0 Å². The van der Waals surface area contributed by atoms with Gasteiger partial charge < -0.3 is 20.5 Å². The van der Waals surface area contributed by atoms with Crippen LogP contribution in [0.5, 0.6) is 0 Å². The fourth-order valence-corrected chi connectivity index (χ4v) is 2.28. The van der Waals surface area contributed by atoms with Crippen LogP contribution in [0.15, 0.2) is 0 Å². The van der Waals surface area contributed by atoms with Crippen molar-refractivity contribution in [3.8, 4) is 0 Å². The van der Waals surface area contributed by atoms with Crippen LogP contribution in [0.2, 0.25) is 0 Å². The number of nitrogens with two attached hydrogens (primary N) is 1. The van der Waals surface area contributed by atoms with Gasteiger partial charge in [-0.05, 0) is 32.1 Å². The van der Waals surface area contributed by atoms with Crippen molar-refractivity contribution < 1.29 is 27.8 Å². The van der Waals surface area contributed by atoms with E-state index in [9.17, 15) is 18.4 Å². The van der Waals surface area contributed by atoms with E-state index >= 15 is 0 Å². The first-order chi connectivity index (χ1) is 11.8. The van der Waals surface area contributed by atoms with E-state index in [0.29, 0.717) is 12.5 Å². The van der Waals surface area contributed by atoms with Gasteiger partial charge in [0.05, 0.1) is 13.2 Å². The number of carbonyl (C=O) groups excluding carboxylic acids is 2. The number of esters is 1. The first-order valence-electron chi connectivity index (χ1n) is 8.96. The topological polar surface area (TPSA) is 90.6 Å². The number of alkyl carbamates (subject to hydrolysis) is 1. The van der Waals surface area contributed by atoms with Gasteiger partial charge in [0.2, 0.25) is 0 Å². The highest BCUT2D eigenvalue weighted by molar-refractivity contribution is 5.81. The quantitative estimate of drug-likeness (QED) is 0.386. The van der Waals surface area contributed by atoms with Gasteiger partial charge in [0.15, 0.2) is 5.54 Å². The van der Waals surface area contributed by atoms with E-state index in [4.69, 9.17) is 10.5 Å². The lowest BCUT2D eigenvalue weighted by Crippen LogP contribution is -2.55. The molecule has 0 aliphatic heterocycles. The summed E-state index contributed by atoms with van der Waals surface area (Å²) in [5, 5.41) is 2.49. The lowest BCUT2D eigenvalue weighted by molar-refractivity contribution is -0.156. The molecule has 0 heterocycles. The third-order valence-corrected chi connectivity index (χ3v) is 4.07. The molecule has 0 aromatic rings. The Balaban J connectivity index is 4.15. The third-order valence-electron chi connectivity index (χ3n) is 4.07. The lowest BCUT2D eigenvalue weighted by Gasteiger charge is -2.26. The summed E-state index contributed by atoms with van der Waals surface area (Å²) in [5.74, 6) is -0.806. The van der Waals surface area contributed by atoms with Crippen molar-refractivity contribution in [1.29, 1.82) is 0 Å². The second-order valence-electron chi connectivity index (χ2n) is 6.11. The number of alkyl halides is 2.